The summed E-state index contributed by atoms with van der Waals surface area (Å²) >= 11 is 1.47. The van der Waals surface area contributed by atoms with Crippen LogP contribution in [0.25, 0.3) is 0 Å². The molecule has 0 aliphatic carbocycles. The number of rotatable bonds is 6. The number of amides is 1. The molecule has 0 saturated heterocycles. The SMILES string of the molecule is Cc1ccc(C)c(SCC(=O)Nc2ccn(CC(=O)O)n2)c1. The van der Waals surface area contributed by atoms with Gasteiger partial charge in [-0.3, -0.25) is 14.3 Å². The van der Waals surface area contributed by atoms with Crippen molar-refractivity contribution in [3.05, 3.63) is 41.6 Å². The van der Waals surface area contributed by atoms with Crippen LogP contribution in [0, 0.1) is 13.8 Å². The Kier molecular flexibility index (Phi) is 5.21. The molecule has 1 heterocycles. The summed E-state index contributed by atoms with van der Waals surface area (Å²) in [5.74, 6) is -0.526. The van der Waals surface area contributed by atoms with E-state index < -0.39 is 5.97 Å². The zero-order valence-corrected chi connectivity index (χ0v) is 13.2. The van der Waals surface area contributed by atoms with E-state index in [0.29, 0.717) is 5.82 Å². The van der Waals surface area contributed by atoms with Crippen molar-refractivity contribution in [1.82, 2.24) is 9.78 Å². The summed E-state index contributed by atoms with van der Waals surface area (Å²) in [6.45, 7) is 3.79. The summed E-state index contributed by atoms with van der Waals surface area (Å²) in [6.07, 6.45) is 1.52. The van der Waals surface area contributed by atoms with E-state index in [2.05, 4.69) is 16.5 Å². The van der Waals surface area contributed by atoms with Crippen molar-refractivity contribution in [3.63, 3.8) is 0 Å². The first-order chi connectivity index (χ1) is 10.4. The van der Waals surface area contributed by atoms with E-state index in [-0.39, 0.29) is 18.2 Å². The van der Waals surface area contributed by atoms with Gasteiger partial charge < -0.3 is 10.4 Å². The first-order valence-electron chi connectivity index (χ1n) is 6.69. The third-order valence-electron chi connectivity index (χ3n) is 2.91. The average Bonchev–Trinajstić information content (AvgIpc) is 2.86. The predicted molar refractivity (Wildman–Crippen MR) is 85.1 cm³/mol. The molecule has 7 heteroatoms. The number of anilines is 1. The maximum absolute atomic E-state index is 11.9. The van der Waals surface area contributed by atoms with Crippen LogP contribution >= 0.6 is 11.8 Å². The van der Waals surface area contributed by atoms with Gasteiger partial charge in [-0.15, -0.1) is 11.8 Å². The van der Waals surface area contributed by atoms with Crippen LogP contribution in [-0.4, -0.2) is 32.5 Å². The Labute approximate surface area is 132 Å². The van der Waals surface area contributed by atoms with Crippen molar-refractivity contribution < 1.29 is 14.7 Å². The highest BCUT2D eigenvalue weighted by atomic mass is 32.2. The molecule has 0 bridgehead atoms. The number of carboxylic acid groups (broad SMARTS) is 1. The fourth-order valence-corrected chi connectivity index (χ4v) is 2.76. The second kappa shape index (κ2) is 7.13. The summed E-state index contributed by atoms with van der Waals surface area (Å²) in [4.78, 5) is 23.6. The van der Waals surface area contributed by atoms with E-state index in [4.69, 9.17) is 5.11 Å². The zero-order chi connectivity index (χ0) is 16.1. The first-order valence-corrected chi connectivity index (χ1v) is 7.68. The monoisotopic (exact) mass is 319 g/mol. The molecule has 0 atom stereocenters. The maximum atomic E-state index is 11.9. The second-order valence-electron chi connectivity index (χ2n) is 4.90. The molecule has 2 aromatic rings. The number of thioether (sulfide) groups is 1. The van der Waals surface area contributed by atoms with Gasteiger partial charge in [-0.1, -0.05) is 17.7 Å². The topological polar surface area (TPSA) is 84.2 Å². The molecule has 0 spiro atoms. The minimum Gasteiger partial charge on any atom is -0.480 e. The number of hydrogen-bond acceptors (Lipinski definition) is 4. The largest absolute Gasteiger partial charge is 0.480 e. The van der Waals surface area contributed by atoms with E-state index in [1.165, 1.54) is 22.6 Å². The lowest BCUT2D eigenvalue weighted by molar-refractivity contribution is -0.137. The minimum atomic E-state index is -0.980. The molecule has 0 aliphatic rings. The lowest BCUT2D eigenvalue weighted by atomic mass is 10.2. The quantitative estimate of drug-likeness (QED) is 0.798. The summed E-state index contributed by atoms with van der Waals surface area (Å²) < 4.78 is 1.26. The van der Waals surface area contributed by atoms with Gasteiger partial charge in [0.1, 0.15) is 6.54 Å². The molecule has 1 aromatic heterocycles. The number of hydrogen-bond donors (Lipinski definition) is 2. The second-order valence-corrected chi connectivity index (χ2v) is 5.92. The number of carbonyl (C=O) groups is 2. The summed E-state index contributed by atoms with van der Waals surface area (Å²) in [5.41, 5.74) is 2.29. The van der Waals surface area contributed by atoms with Crippen molar-refractivity contribution in [1.29, 1.82) is 0 Å². The summed E-state index contributed by atoms with van der Waals surface area (Å²) in [7, 11) is 0. The molecular formula is C15H17N3O3S. The highest BCUT2D eigenvalue weighted by molar-refractivity contribution is 8.00. The van der Waals surface area contributed by atoms with Gasteiger partial charge in [0.2, 0.25) is 5.91 Å². The van der Waals surface area contributed by atoms with E-state index in [1.54, 1.807) is 6.07 Å². The van der Waals surface area contributed by atoms with Crippen LogP contribution in [0.4, 0.5) is 5.82 Å². The van der Waals surface area contributed by atoms with Crippen molar-refractivity contribution in [2.45, 2.75) is 25.3 Å². The third-order valence-corrected chi connectivity index (χ3v) is 4.07. The van der Waals surface area contributed by atoms with Crippen molar-refractivity contribution in [3.8, 4) is 0 Å². The van der Waals surface area contributed by atoms with Gasteiger partial charge in [-0.25, -0.2) is 0 Å². The molecule has 2 rings (SSSR count). The maximum Gasteiger partial charge on any atom is 0.325 e. The smallest absolute Gasteiger partial charge is 0.325 e. The molecule has 0 fully saturated rings. The molecule has 116 valence electrons. The molecule has 1 amide bonds. The normalized spacial score (nSPS) is 10.5. The Balaban J connectivity index is 1.89. The van der Waals surface area contributed by atoms with Gasteiger partial charge in [-0.05, 0) is 25.5 Å². The molecular weight excluding hydrogens is 302 g/mol. The first kappa shape index (κ1) is 16.1. The lowest BCUT2D eigenvalue weighted by Crippen LogP contribution is -2.15. The van der Waals surface area contributed by atoms with Gasteiger partial charge >= 0.3 is 5.97 Å². The fourth-order valence-electron chi connectivity index (χ4n) is 1.84. The van der Waals surface area contributed by atoms with Crippen molar-refractivity contribution >= 4 is 29.5 Å². The third kappa shape index (κ3) is 4.63. The molecule has 0 radical (unpaired) electrons. The van der Waals surface area contributed by atoms with Crippen LogP contribution in [0.1, 0.15) is 11.1 Å². The van der Waals surface area contributed by atoms with Crippen molar-refractivity contribution in [2.75, 3.05) is 11.1 Å². The molecule has 6 nitrogen and oxygen atoms in total. The summed E-state index contributed by atoms with van der Waals surface area (Å²) in [5, 5.41) is 15.3. The van der Waals surface area contributed by atoms with Crippen LogP contribution in [0.2, 0.25) is 0 Å². The van der Waals surface area contributed by atoms with Crippen LogP contribution in [0.5, 0.6) is 0 Å². The number of aliphatic carboxylic acids is 1. The van der Waals surface area contributed by atoms with E-state index in [9.17, 15) is 9.59 Å². The van der Waals surface area contributed by atoms with Gasteiger partial charge in [0.05, 0.1) is 5.75 Å². The van der Waals surface area contributed by atoms with Crippen LogP contribution < -0.4 is 5.32 Å². The molecule has 1 aromatic carbocycles. The molecule has 2 N–H and O–H groups in total. The van der Waals surface area contributed by atoms with Gasteiger partial charge in [0, 0.05) is 17.2 Å². The van der Waals surface area contributed by atoms with Crippen LogP contribution in [-0.2, 0) is 16.1 Å². The predicted octanol–water partition coefficient (Wildman–Crippen LogP) is 2.32. The van der Waals surface area contributed by atoms with E-state index >= 15 is 0 Å². The molecule has 0 unspecified atom stereocenters. The van der Waals surface area contributed by atoms with Gasteiger partial charge in [-0.2, -0.15) is 5.10 Å². The van der Waals surface area contributed by atoms with Crippen LogP contribution in [0.3, 0.4) is 0 Å². The number of carbonyl (C=O) groups excluding carboxylic acids is 1. The lowest BCUT2D eigenvalue weighted by Gasteiger charge is -2.06. The average molecular weight is 319 g/mol. The number of aryl methyl sites for hydroxylation is 2. The molecule has 0 saturated carbocycles. The Hall–Kier alpha value is -2.28. The number of aromatic nitrogens is 2. The van der Waals surface area contributed by atoms with Gasteiger partial charge in [0.25, 0.3) is 0 Å². The number of benzene rings is 1. The van der Waals surface area contributed by atoms with E-state index in [0.717, 1.165) is 16.0 Å². The Morgan fingerprint density at radius 3 is 2.82 bits per heavy atom. The Morgan fingerprint density at radius 2 is 2.09 bits per heavy atom. The molecule has 0 aliphatic heterocycles. The zero-order valence-electron chi connectivity index (χ0n) is 12.4. The molecule has 22 heavy (non-hydrogen) atoms. The fraction of sp³-hybridized carbons (Fsp3) is 0.267. The highest BCUT2D eigenvalue weighted by Gasteiger charge is 2.08. The standard InChI is InChI=1S/C15H17N3O3S/c1-10-3-4-11(2)12(7-10)22-9-14(19)16-13-5-6-18(17-13)8-15(20)21/h3-7H,8-9H2,1-2H3,(H,20,21)(H,16,17,19). The Morgan fingerprint density at radius 1 is 1.32 bits per heavy atom. The van der Waals surface area contributed by atoms with Gasteiger partial charge in [0.15, 0.2) is 5.82 Å². The number of nitrogens with one attached hydrogen (secondary N) is 1. The highest BCUT2D eigenvalue weighted by Crippen LogP contribution is 2.23. The summed E-state index contributed by atoms with van der Waals surface area (Å²) in [6, 6.07) is 7.69. The Bertz CT molecular complexity index is 697. The van der Waals surface area contributed by atoms with E-state index in [1.807, 2.05) is 26.0 Å². The van der Waals surface area contributed by atoms with Crippen LogP contribution in [0.15, 0.2) is 35.4 Å². The van der Waals surface area contributed by atoms with Crippen molar-refractivity contribution in [2.24, 2.45) is 0 Å². The minimum absolute atomic E-state index is 0.175. The number of carboxylic acids is 1. The number of nitrogens with zero attached hydrogens (tertiary/aromatic N) is 2.